The normalized spacial score (nSPS) is 16.3. The Morgan fingerprint density at radius 2 is 1.79 bits per heavy atom. The molecule has 0 radical (unpaired) electrons. The third-order valence-electron chi connectivity index (χ3n) is 5.39. The first kappa shape index (κ1) is 24.3. The van der Waals surface area contributed by atoms with E-state index in [-0.39, 0.29) is 44.6 Å². The molecule has 0 N–H and O–H groups in total. The molecule has 3 aromatic heterocycles. The summed E-state index contributed by atoms with van der Waals surface area (Å²) in [5.74, 6) is -0.219. The fourth-order valence-corrected chi connectivity index (χ4v) is 6.05. The minimum absolute atomic E-state index is 0.00169. The van der Waals surface area contributed by atoms with Crippen molar-refractivity contribution in [1.29, 1.82) is 0 Å². The van der Waals surface area contributed by atoms with Gasteiger partial charge in [-0.15, -0.1) is 10.2 Å². The van der Waals surface area contributed by atoms with Crippen molar-refractivity contribution in [1.82, 2.24) is 24.7 Å². The summed E-state index contributed by atoms with van der Waals surface area (Å²) in [5.41, 5.74) is -0.864. The maximum atomic E-state index is 13.1. The predicted octanol–water partition coefficient (Wildman–Crippen LogP) is 3.64. The lowest BCUT2D eigenvalue weighted by atomic mass is 10.2. The molecular weight excluding hydrogens is 493 g/mol. The average molecular weight is 515 g/mol. The Balaban J connectivity index is 1.84. The Bertz CT molecular complexity index is 1490. The molecule has 182 valence electrons. The predicted molar refractivity (Wildman–Crippen MR) is 119 cm³/mol. The van der Waals surface area contributed by atoms with Crippen LogP contribution in [0.4, 0.5) is 18.9 Å². The van der Waals surface area contributed by atoms with Crippen LogP contribution < -0.4 is 0 Å². The van der Waals surface area contributed by atoms with E-state index in [2.05, 4.69) is 24.5 Å². The Morgan fingerprint density at radius 3 is 2.41 bits per heavy atom. The zero-order valence-electron chi connectivity index (χ0n) is 18.4. The third-order valence-corrected chi connectivity index (χ3v) is 9.41. The van der Waals surface area contributed by atoms with Crippen LogP contribution in [0.3, 0.4) is 0 Å². The van der Waals surface area contributed by atoms with Gasteiger partial charge in [0.25, 0.3) is 0 Å². The molecule has 14 heteroatoms. The number of aromatic nitrogens is 5. The monoisotopic (exact) mass is 514 g/mol. The van der Waals surface area contributed by atoms with Gasteiger partial charge in [-0.2, -0.15) is 17.5 Å². The molecule has 0 spiro atoms. The van der Waals surface area contributed by atoms with E-state index >= 15 is 0 Å². The van der Waals surface area contributed by atoms with Crippen molar-refractivity contribution >= 4 is 25.3 Å². The Kier molecular flexibility index (Phi) is 6.00. The number of nitrogens with zero attached hydrogens (tertiary/aromatic N) is 6. The highest BCUT2D eigenvalue weighted by Gasteiger charge is 2.32. The number of rotatable bonds is 6. The highest BCUT2D eigenvalue weighted by Crippen LogP contribution is 2.35. The first-order valence-electron chi connectivity index (χ1n) is 10.2. The SMILES string of the molecule is CCS(=O)(=O)c1cc(N=S(C)(=O)C2CC2)cnc1-c1nnc(-c2cc(C(F)(F)F)ccn2)n1C. The fourth-order valence-electron chi connectivity index (χ4n) is 3.32. The van der Waals surface area contributed by atoms with Crippen molar-refractivity contribution in [2.45, 2.75) is 36.1 Å². The van der Waals surface area contributed by atoms with Gasteiger partial charge in [0.1, 0.15) is 11.4 Å². The molecular formula is C20H21F3N6O3S2. The molecule has 1 atom stereocenters. The summed E-state index contributed by atoms with van der Waals surface area (Å²) in [4.78, 5) is 8.00. The smallest absolute Gasteiger partial charge is 0.307 e. The van der Waals surface area contributed by atoms with E-state index in [1.165, 1.54) is 37.1 Å². The summed E-state index contributed by atoms with van der Waals surface area (Å²) in [6.45, 7) is 1.46. The van der Waals surface area contributed by atoms with E-state index in [0.717, 1.165) is 31.2 Å². The van der Waals surface area contributed by atoms with Crippen LogP contribution in [0, 0.1) is 0 Å². The zero-order chi connectivity index (χ0) is 24.9. The number of hydrogen-bond donors (Lipinski definition) is 0. The molecule has 4 rings (SSSR count). The van der Waals surface area contributed by atoms with Crippen molar-refractivity contribution in [3.63, 3.8) is 0 Å². The Hall–Kier alpha value is -2.87. The van der Waals surface area contributed by atoms with Crippen LogP contribution >= 0.6 is 0 Å². The molecule has 34 heavy (non-hydrogen) atoms. The van der Waals surface area contributed by atoms with Crippen LogP contribution in [0.5, 0.6) is 0 Å². The van der Waals surface area contributed by atoms with E-state index in [4.69, 9.17) is 0 Å². The van der Waals surface area contributed by atoms with Crippen molar-refractivity contribution in [3.05, 3.63) is 36.2 Å². The lowest BCUT2D eigenvalue weighted by Gasteiger charge is -2.11. The second-order valence-electron chi connectivity index (χ2n) is 7.93. The number of halogens is 3. The average Bonchev–Trinajstić information content (AvgIpc) is 3.57. The Labute approximate surface area is 194 Å². The van der Waals surface area contributed by atoms with Gasteiger partial charge in [-0.3, -0.25) is 4.98 Å². The lowest BCUT2D eigenvalue weighted by Crippen LogP contribution is -2.09. The van der Waals surface area contributed by atoms with Gasteiger partial charge in [-0.25, -0.2) is 17.6 Å². The molecule has 1 aliphatic carbocycles. The van der Waals surface area contributed by atoms with Crippen LogP contribution in [-0.2, 0) is 32.8 Å². The fraction of sp³-hybridized carbons (Fsp3) is 0.400. The van der Waals surface area contributed by atoms with E-state index in [0.29, 0.717) is 0 Å². The highest BCUT2D eigenvalue weighted by atomic mass is 32.2. The molecule has 1 aliphatic rings. The third kappa shape index (κ3) is 4.69. The summed E-state index contributed by atoms with van der Waals surface area (Å²) >= 11 is 0. The van der Waals surface area contributed by atoms with Gasteiger partial charge in [0.05, 0.1) is 37.8 Å². The maximum absolute atomic E-state index is 13.1. The number of sulfone groups is 1. The van der Waals surface area contributed by atoms with Crippen molar-refractivity contribution in [2.75, 3.05) is 12.0 Å². The summed E-state index contributed by atoms with van der Waals surface area (Å²) in [7, 11) is -4.88. The summed E-state index contributed by atoms with van der Waals surface area (Å²) < 4.78 is 83.4. The zero-order valence-corrected chi connectivity index (χ0v) is 20.1. The molecule has 0 amide bonds. The minimum Gasteiger partial charge on any atom is -0.307 e. The Morgan fingerprint density at radius 1 is 1.12 bits per heavy atom. The van der Waals surface area contributed by atoms with E-state index in [9.17, 15) is 25.8 Å². The molecule has 0 bridgehead atoms. The van der Waals surface area contributed by atoms with E-state index in [1.54, 1.807) is 0 Å². The summed E-state index contributed by atoms with van der Waals surface area (Å²) in [6.07, 6.45) is 0.874. The van der Waals surface area contributed by atoms with Crippen LogP contribution in [0.25, 0.3) is 23.0 Å². The van der Waals surface area contributed by atoms with Crippen molar-refractivity contribution in [2.24, 2.45) is 11.4 Å². The van der Waals surface area contributed by atoms with Crippen LogP contribution in [-0.4, -0.2) is 54.6 Å². The summed E-state index contributed by atoms with van der Waals surface area (Å²) in [5, 5.41) is 7.88. The van der Waals surface area contributed by atoms with Gasteiger partial charge in [0.15, 0.2) is 21.5 Å². The van der Waals surface area contributed by atoms with Gasteiger partial charge in [0, 0.05) is 24.8 Å². The van der Waals surface area contributed by atoms with Gasteiger partial charge in [-0.05, 0) is 31.0 Å². The molecule has 9 nitrogen and oxygen atoms in total. The molecule has 1 fully saturated rings. The van der Waals surface area contributed by atoms with Gasteiger partial charge in [-0.1, -0.05) is 6.92 Å². The summed E-state index contributed by atoms with van der Waals surface area (Å²) in [6, 6.07) is 2.97. The first-order chi connectivity index (χ1) is 15.8. The first-order valence-corrected chi connectivity index (χ1v) is 13.8. The van der Waals surface area contributed by atoms with Crippen molar-refractivity contribution < 1.29 is 25.8 Å². The highest BCUT2D eigenvalue weighted by molar-refractivity contribution is 7.94. The largest absolute Gasteiger partial charge is 0.416 e. The lowest BCUT2D eigenvalue weighted by molar-refractivity contribution is -0.137. The quantitative estimate of drug-likeness (QED) is 0.492. The molecule has 0 aliphatic heterocycles. The topological polar surface area (TPSA) is 120 Å². The van der Waals surface area contributed by atoms with E-state index in [1.807, 2.05) is 0 Å². The number of alkyl halides is 3. The molecule has 0 saturated heterocycles. The van der Waals surface area contributed by atoms with E-state index < -0.39 is 31.3 Å². The van der Waals surface area contributed by atoms with Crippen LogP contribution in [0.2, 0.25) is 0 Å². The minimum atomic E-state index is -4.57. The molecule has 3 heterocycles. The molecule has 1 saturated carbocycles. The van der Waals surface area contributed by atoms with Crippen molar-refractivity contribution in [3.8, 4) is 23.0 Å². The van der Waals surface area contributed by atoms with Gasteiger partial charge < -0.3 is 4.57 Å². The second kappa shape index (κ2) is 8.41. The molecule has 3 aromatic rings. The van der Waals surface area contributed by atoms with Crippen LogP contribution in [0.1, 0.15) is 25.3 Å². The number of pyridine rings is 2. The van der Waals surface area contributed by atoms with Crippen LogP contribution in [0.15, 0.2) is 39.9 Å². The van der Waals surface area contributed by atoms with Gasteiger partial charge in [0.2, 0.25) is 0 Å². The number of hydrogen-bond acceptors (Lipinski definition) is 8. The standard InChI is InChI=1S/C20H21F3N6O3S2/c1-4-34(31,32)16-10-13(28-33(3,30)14-5-6-14)11-25-17(16)19-27-26-18(29(19)2)15-9-12(7-8-24-15)20(21,22)23/h7-11,14H,4-6H2,1-3H3. The second-order valence-corrected chi connectivity index (χ2v) is 12.7. The van der Waals surface area contributed by atoms with Gasteiger partial charge >= 0.3 is 6.18 Å². The molecule has 1 unspecified atom stereocenters. The molecule has 0 aromatic carbocycles. The maximum Gasteiger partial charge on any atom is 0.416 e.